The molecule has 0 aliphatic rings. The molecule has 0 fully saturated rings. The summed E-state index contributed by atoms with van der Waals surface area (Å²) in [5, 5.41) is 9.70. The van der Waals surface area contributed by atoms with Crippen LogP contribution in [0.1, 0.15) is 12.6 Å². The van der Waals surface area contributed by atoms with E-state index in [1.807, 2.05) is 53.9 Å². The van der Waals surface area contributed by atoms with E-state index in [1.54, 1.807) is 0 Å². The van der Waals surface area contributed by atoms with Crippen LogP contribution >= 0.6 is 15.9 Å². The number of hydrogen-bond acceptors (Lipinski definition) is 3. The molecule has 0 amide bonds. The van der Waals surface area contributed by atoms with Gasteiger partial charge >= 0.3 is 0 Å². The Morgan fingerprint density at radius 2 is 1.95 bits per heavy atom. The molecule has 3 aromatic rings. The fourth-order valence-electron chi connectivity index (χ4n) is 2.33. The predicted molar refractivity (Wildman–Crippen MR) is 85.4 cm³/mol. The van der Waals surface area contributed by atoms with E-state index >= 15 is 0 Å². The van der Waals surface area contributed by atoms with Gasteiger partial charge in [0, 0.05) is 16.2 Å². The molecule has 0 spiro atoms. The van der Waals surface area contributed by atoms with Gasteiger partial charge in [-0.2, -0.15) is 0 Å². The number of aliphatic hydroxyl groups is 1. The van der Waals surface area contributed by atoms with Crippen LogP contribution in [0.25, 0.3) is 16.9 Å². The fourth-order valence-corrected chi connectivity index (χ4v) is 2.66. The number of aromatic nitrogens is 2. The highest BCUT2D eigenvalue weighted by atomic mass is 79.9. The number of halogens is 1. The summed E-state index contributed by atoms with van der Waals surface area (Å²) in [4.78, 5) is 4.61. The molecular formula is C16H15BrN2O2. The van der Waals surface area contributed by atoms with Gasteiger partial charge in [0.25, 0.3) is 0 Å². The van der Waals surface area contributed by atoms with Crippen molar-refractivity contribution in [3.05, 3.63) is 52.8 Å². The lowest BCUT2D eigenvalue weighted by atomic mass is 10.1. The summed E-state index contributed by atoms with van der Waals surface area (Å²) < 4.78 is 8.29. The summed E-state index contributed by atoms with van der Waals surface area (Å²) >= 11 is 3.44. The van der Waals surface area contributed by atoms with Gasteiger partial charge in [-0.05, 0) is 59.3 Å². The third-order valence-corrected chi connectivity index (χ3v) is 3.74. The van der Waals surface area contributed by atoms with E-state index in [0.717, 1.165) is 32.8 Å². The average Bonchev–Trinajstić information content (AvgIpc) is 2.86. The quantitative estimate of drug-likeness (QED) is 0.784. The van der Waals surface area contributed by atoms with E-state index in [1.165, 1.54) is 0 Å². The van der Waals surface area contributed by atoms with Crippen LogP contribution in [0.4, 0.5) is 0 Å². The fraction of sp³-hybridized carbons (Fsp3) is 0.188. The Bertz CT molecular complexity index is 766. The molecule has 0 radical (unpaired) electrons. The zero-order valence-electron chi connectivity index (χ0n) is 11.6. The van der Waals surface area contributed by atoms with Crippen LogP contribution in [0, 0.1) is 0 Å². The van der Waals surface area contributed by atoms with Gasteiger partial charge < -0.3 is 9.84 Å². The van der Waals surface area contributed by atoms with E-state index in [0.29, 0.717) is 6.61 Å². The van der Waals surface area contributed by atoms with Crippen molar-refractivity contribution in [3.63, 3.8) is 0 Å². The molecule has 1 aromatic carbocycles. The van der Waals surface area contributed by atoms with Crippen LogP contribution in [0.5, 0.6) is 5.75 Å². The Morgan fingerprint density at radius 3 is 2.62 bits per heavy atom. The maximum absolute atomic E-state index is 9.70. The van der Waals surface area contributed by atoms with Crippen molar-refractivity contribution in [2.45, 2.75) is 13.5 Å². The van der Waals surface area contributed by atoms with E-state index in [2.05, 4.69) is 20.9 Å². The molecule has 0 saturated heterocycles. The highest BCUT2D eigenvalue weighted by Crippen LogP contribution is 2.27. The second-order valence-corrected chi connectivity index (χ2v) is 5.51. The van der Waals surface area contributed by atoms with Crippen LogP contribution in [-0.4, -0.2) is 21.1 Å². The first-order valence-corrected chi connectivity index (χ1v) is 7.53. The lowest BCUT2D eigenvalue weighted by Crippen LogP contribution is -1.94. The zero-order chi connectivity index (χ0) is 14.8. The minimum atomic E-state index is -0.0693. The summed E-state index contributed by atoms with van der Waals surface area (Å²) in [6.07, 6.45) is 1.91. The number of hydrogen-bond donors (Lipinski definition) is 1. The number of nitrogens with zero attached hydrogens (tertiary/aromatic N) is 2. The van der Waals surface area contributed by atoms with E-state index < -0.39 is 0 Å². The number of fused-ring (bicyclic) bond motifs is 1. The number of pyridine rings is 1. The molecule has 1 N–H and O–H groups in total. The van der Waals surface area contributed by atoms with Gasteiger partial charge in [-0.15, -0.1) is 0 Å². The van der Waals surface area contributed by atoms with Crippen LogP contribution < -0.4 is 4.74 Å². The first-order valence-electron chi connectivity index (χ1n) is 6.73. The third-order valence-electron chi connectivity index (χ3n) is 3.27. The molecule has 0 saturated carbocycles. The first kappa shape index (κ1) is 14.1. The molecule has 2 heterocycles. The molecule has 4 nitrogen and oxygen atoms in total. The van der Waals surface area contributed by atoms with Crippen molar-refractivity contribution in [1.82, 2.24) is 9.38 Å². The van der Waals surface area contributed by atoms with Crippen molar-refractivity contribution in [1.29, 1.82) is 0 Å². The van der Waals surface area contributed by atoms with Crippen LogP contribution in [0.2, 0.25) is 0 Å². The van der Waals surface area contributed by atoms with Crippen molar-refractivity contribution in [2.24, 2.45) is 0 Å². The van der Waals surface area contributed by atoms with Gasteiger partial charge in [-0.3, -0.25) is 4.40 Å². The lowest BCUT2D eigenvalue weighted by Gasteiger charge is -2.05. The number of rotatable bonds is 4. The minimum Gasteiger partial charge on any atom is -0.494 e. The zero-order valence-corrected chi connectivity index (χ0v) is 13.2. The summed E-state index contributed by atoms with van der Waals surface area (Å²) in [5.41, 5.74) is 3.34. The minimum absolute atomic E-state index is 0.0693. The molecule has 0 aliphatic carbocycles. The van der Waals surface area contributed by atoms with Gasteiger partial charge in [0.05, 0.1) is 24.6 Å². The molecule has 0 aliphatic heterocycles. The summed E-state index contributed by atoms with van der Waals surface area (Å²) in [6, 6.07) is 11.6. The summed E-state index contributed by atoms with van der Waals surface area (Å²) in [5.74, 6) is 0.832. The first-order chi connectivity index (χ1) is 10.2. The van der Waals surface area contributed by atoms with Crippen LogP contribution in [0.3, 0.4) is 0 Å². The molecule has 0 bridgehead atoms. The Labute approximate surface area is 131 Å². The Balaban J connectivity index is 2.10. The third kappa shape index (κ3) is 2.66. The maximum Gasteiger partial charge on any atom is 0.137 e. The molecule has 0 atom stereocenters. The molecule has 108 valence electrons. The smallest absolute Gasteiger partial charge is 0.137 e. The number of aliphatic hydroxyl groups excluding tert-OH is 1. The highest BCUT2D eigenvalue weighted by molar-refractivity contribution is 9.10. The largest absolute Gasteiger partial charge is 0.494 e. The lowest BCUT2D eigenvalue weighted by molar-refractivity contribution is 0.276. The molecular weight excluding hydrogens is 332 g/mol. The monoisotopic (exact) mass is 346 g/mol. The molecule has 0 unspecified atom stereocenters. The van der Waals surface area contributed by atoms with Crippen molar-refractivity contribution in [3.8, 4) is 17.0 Å². The normalized spacial score (nSPS) is 11.0. The standard InChI is InChI=1S/C16H15BrN2O2/c1-2-21-13-6-3-11(4-7-13)16-14(10-20)19-9-12(17)5-8-15(19)18-16/h3-9,20H,2,10H2,1H3. The van der Waals surface area contributed by atoms with Crippen molar-refractivity contribution < 1.29 is 9.84 Å². The molecule has 21 heavy (non-hydrogen) atoms. The predicted octanol–water partition coefficient (Wildman–Crippen LogP) is 3.65. The number of benzene rings is 1. The van der Waals surface area contributed by atoms with Crippen molar-refractivity contribution >= 4 is 21.6 Å². The Hall–Kier alpha value is -1.85. The van der Waals surface area contributed by atoms with Crippen LogP contribution in [0.15, 0.2) is 47.1 Å². The van der Waals surface area contributed by atoms with Gasteiger partial charge in [0.1, 0.15) is 11.4 Å². The molecule has 3 rings (SSSR count). The van der Waals surface area contributed by atoms with Crippen LogP contribution in [-0.2, 0) is 6.61 Å². The molecule has 2 aromatic heterocycles. The van der Waals surface area contributed by atoms with Gasteiger partial charge in [-0.1, -0.05) is 0 Å². The highest BCUT2D eigenvalue weighted by Gasteiger charge is 2.13. The number of ether oxygens (including phenoxy) is 1. The maximum atomic E-state index is 9.70. The topological polar surface area (TPSA) is 46.8 Å². The SMILES string of the molecule is CCOc1ccc(-c2nc3ccc(Br)cn3c2CO)cc1. The van der Waals surface area contributed by atoms with E-state index in [9.17, 15) is 5.11 Å². The Kier molecular flexibility index (Phi) is 3.94. The van der Waals surface area contributed by atoms with E-state index in [4.69, 9.17) is 4.74 Å². The molecule has 5 heteroatoms. The Morgan fingerprint density at radius 1 is 1.19 bits per heavy atom. The second kappa shape index (κ2) is 5.87. The number of imidazole rings is 1. The second-order valence-electron chi connectivity index (χ2n) is 4.60. The van der Waals surface area contributed by atoms with Gasteiger partial charge in [-0.25, -0.2) is 4.98 Å². The average molecular weight is 347 g/mol. The van der Waals surface area contributed by atoms with E-state index in [-0.39, 0.29) is 6.61 Å². The summed E-state index contributed by atoms with van der Waals surface area (Å²) in [6.45, 7) is 2.53. The summed E-state index contributed by atoms with van der Waals surface area (Å²) in [7, 11) is 0. The van der Waals surface area contributed by atoms with Gasteiger partial charge in [0.2, 0.25) is 0 Å². The van der Waals surface area contributed by atoms with Gasteiger partial charge in [0.15, 0.2) is 0 Å². The van der Waals surface area contributed by atoms with Crippen molar-refractivity contribution in [2.75, 3.05) is 6.61 Å².